The molecule has 17 heavy (non-hydrogen) atoms. The molecule has 1 atom stereocenters. The average Bonchev–Trinajstić information content (AvgIpc) is 2.30. The van der Waals surface area contributed by atoms with E-state index in [0.717, 1.165) is 18.4 Å². The minimum atomic E-state index is 0.290. The highest BCUT2D eigenvalue weighted by molar-refractivity contribution is 4.81. The van der Waals surface area contributed by atoms with Crippen molar-refractivity contribution in [3.8, 4) is 0 Å². The van der Waals surface area contributed by atoms with Crippen LogP contribution in [0.5, 0.6) is 0 Å². The molecular formula is C14H30N2O. The van der Waals surface area contributed by atoms with Gasteiger partial charge in [-0.25, -0.2) is 0 Å². The molecule has 1 rings (SSSR count). The maximum Gasteiger partial charge on any atom is 0.0639 e. The lowest BCUT2D eigenvalue weighted by Gasteiger charge is -2.35. The second kappa shape index (κ2) is 7.34. The van der Waals surface area contributed by atoms with E-state index in [-0.39, 0.29) is 6.10 Å². The number of nitrogens with two attached hydrogens (primary N) is 1. The van der Waals surface area contributed by atoms with E-state index in [1.807, 2.05) is 0 Å². The summed E-state index contributed by atoms with van der Waals surface area (Å²) in [6.07, 6.45) is 5.57. The summed E-state index contributed by atoms with van der Waals surface area (Å²) in [5.74, 6) is 8.08. The first-order valence-corrected chi connectivity index (χ1v) is 7.12. The number of rotatable bonds is 6. The first kappa shape index (κ1) is 14.9. The Morgan fingerprint density at radius 3 is 2.00 bits per heavy atom. The lowest BCUT2D eigenvalue weighted by molar-refractivity contribution is 0.0387. The van der Waals surface area contributed by atoms with Crippen LogP contribution in [0.4, 0.5) is 0 Å². The topological polar surface area (TPSA) is 47.3 Å². The van der Waals surface area contributed by atoms with Gasteiger partial charge < -0.3 is 4.74 Å². The highest BCUT2D eigenvalue weighted by atomic mass is 16.5. The molecule has 1 saturated carbocycles. The van der Waals surface area contributed by atoms with Crippen molar-refractivity contribution in [2.45, 2.75) is 65.5 Å². The van der Waals surface area contributed by atoms with Gasteiger partial charge in [-0.3, -0.25) is 11.3 Å². The maximum absolute atomic E-state index is 5.68. The zero-order chi connectivity index (χ0) is 12.8. The van der Waals surface area contributed by atoms with Crippen molar-refractivity contribution in [2.75, 3.05) is 6.61 Å². The Labute approximate surface area is 106 Å². The predicted octanol–water partition coefficient (Wildman–Crippen LogP) is 2.71. The second-order valence-corrected chi connectivity index (χ2v) is 6.07. The Balaban J connectivity index is 2.34. The zero-order valence-corrected chi connectivity index (χ0v) is 11.9. The van der Waals surface area contributed by atoms with Crippen molar-refractivity contribution < 1.29 is 4.74 Å². The van der Waals surface area contributed by atoms with Crippen LogP contribution in [0.3, 0.4) is 0 Å². The fourth-order valence-corrected chi connectivity index (χ4v) is 2.83. The van der Waals surface area contributed by atoms with Crippen molar-refractivity contribution in [2.24, 2.45) is 23.6 Å². The van der Waals surface area contributed by atoms with Crippen LogP contribution >= 0.6 is 0 Å². The van der Waals surface area contributed by atoms with Crippen LogP contribution in [0, 0.1) is 17.8 Å². The molecule has 0 aromatic carbocycles. The molecule has 102 valence electrons. The summed E-state index contributed by atoms with van der Waals surface area (Å²) in [7, 11) is 0. The molecule has 0 bridgehead atoms. The number of hydrogen-bond donors (Lipinski definition) is 2. The van der Waals surface area contributed by atoms with Crippen LogP contribution in [0.1, 0.15) is 53.4 Å². The van der Waals surface area contributed by atoms with Gasteiger partial charge in [0, 0.05) is 6.04 Å². The minimum absolute atomic E-state index is 0.290. The van der Waals surface area contributed by atoms with Crippen LogP contribution in [0.15, 0.2) is 0 Å². The Morgan fingerprint density at radius 2 is 1.59 bits per heavy atom. The molecule has 0 heterocycles. The molecule has 0 radical (unpaired) electrons. The molecule has 0 aliphatic heterocycles. The quantitative estimate of drug-likeness (QED) is 0.556. The molecular weight excluding hydrogens is 212 g/mol. The maximum atomic E-state index is 5.68. The van der Waals surface area contributed by atoms with Gasteiger partial charge in [-0.1, -0.05) is 13.8 Å². The normalized spacial score (nSPS) is 27.7. The van der Waals surface area contributed by atoms with Gasteiger partial charge in [-0.05, 0) is 57.3 Å². The first-order valence-electron chi connectivity index (χ1n) is 7.12. The standard InChI is InChI=1S/C14H30N2O/c1-10(2)12-5-7-13(8-6-12)14(16-15)9-17-11(3)4/h10-14,16H,5-9,15H2,1-4H3. The largest absolute Gasteiger partial charge is 0.377 e. The van der Waals surface area contributed by atoms with E-state index in [4.69, 9.17) is 10.6 Å². The van der Waals surface area contributed by atoms with Gasteiger partial charge in [-0.15, -0.1) is 0 Å². The van der Waals surface area contributed by atoms with Gasteiger partial charge in [0.05, 0.1) is 12.7 Å². The molecule has 1 aliphatic rings. The van der Waals surface area contributed by atoms with E-state index in [9.17, 15) is 0 Å². The van der Waals surface area contributed by atoms with Gasteiger partial charge in [0.25, 0.3) is 0 Å². The molecule has 1 fully saturated rings. The summed E-state index contributed by atoms with van der Waals surface area (Å²) >= 11 is 0. The van der Waals surface area contributed by atoms with Gasteiger partial charge in [0.2, 0.25) is 0 Å². The molecule has 1 unspecified atom stereocenters. The molecule has 0 saturated heterocycles. The van der Waals surface area contributed by atoms with Crippen LogP contribution in [0.25, 0.3) is 0 Å². The zero-order valence-electron chi connectivity index (χ0n) is 11.9. The van der Waals surface area contributed by atoms with Crippen molar-refractivity contribution in [3.05, 3.63) is 0 Å². The summed E-state index contributed by atoms with van der Waals surface area (Å²) in [6, 6.07) is 0.325. The van der Waals surface area contributed by atoms with Gasteiger partial charge in [-0.2, -0.15) is 0 Å². The van der Waals surface area contributed by atoms with Crippen LogP contribution in [-0.4, -0.2) is 18.8 Å². The summed E-state index contributed by atoms with van der Waals surface area (Å²) in [6.45, 7) is 9.56. The van der Waals surface area contributed by atoms with Crippen LogP contribution in [-0.2, 0) is 4.74 Å². The SMILES string of the molecule is CC(C)OCC(NN)C1CCC(C(C)C)CC1. The fourth-order valence-electron chi connectivity index (χ4n) is 2.83. The van der Waals surface area contributed by atoms with E-state index < -0.39 is 0 Å². The van der Waals surface area contributed by atoms with Crippen LogP contribution in [0.2, 0.25) is 0 Å². The van der Waals surface area contributed by atoms with Gasteiger partial charge >= 0.3 is 0 Å². The van der Waals surface area contributed by atoms with Crippen molar-refractivity contribution in [1.82, 2.24) is 5.43 Å². The molecule has 0 aromatic rings. The fraction of sp³-hybridized carbons (Fsp3) is 1.00. The number of hydrazine groups is 1. The number of hydrogen-bond acceptors (Lipinski definition) is 3. The second-order valence-electron chi connectivity index (χ2n) is 6.07. The van der Waals surface area contributed by atoms with E-state index in [0.29, 0.717) is 12.0 Å². The molecule has 0 amide bonds. The van der Waals surface area contributed by atoms with Crippen molar-refractivity contribution in [3.63, 3.8) is 0 Å². The van der Waals surface area contributed by atoms with Gasteiger partial charge in [0.1, 0.15) is 0 Å². The molecule has 0 aromatic heterocycles. The first-order chi connectivity index (χ1) is 8.04. The smallest absolute Gasteiger partial charge is 0.0639 e. The molecule has 3 N–H and O–H groups in total. The van der Waals surface area contributed by atoms with Crippen molar-refractivity contribution in [1.29, 1.82) is 0 Å². The Bertz CT molecular complexity index is 198. The third-order valence-corrected chi connectivity index (χ3v) is 4.15. The minimum Gasteiger partial charge on any atom is -0.377 e. The average molecular weight is 242 g/mol. The summed E-state index contributed by atoms with van der Waals surface area (Å²) in [4.78, 5) is 0. The number of nitrogens with one attached hydrogen (secondary N) is 1. The lowest BCUT2D eigenvalue weighted by atomic mass is 9.75. The molecule has 3 heteroatoms. The summed E-state index contributed by atoms with van der Waals surface area (Å²) in [5.41, 5.74) is 2.95. The highest BCUT2D eigenvalue weighted by Gasteiger charge is 2.28. The van der Waals surface area contributed by atoms with E-state index in [1.54, 1.807) is 0 Å². The Kier molecular flexibility index (Phi) is 6.45. The third kappa shape index (κ3) is 4.94. The third-order valence-electron chi connectivity index (χ3n) is 4.15. The molecule has 1 aliphatic carbocycles. The number of ether oxygens (including phenoxy) is 1. The highest BCUT2D eigenvalue weighted by Crippen LogP contribution is 2.34. The Hall–Kier alpha value is -0.120. The summed E-state index contributed by atoms with van der Waals surface area (Å²) < 4.78 is 5.68. The lowest BCUT2D eigenvalue weighted by Crippen LogP contribution is -2.46. The predicted molar refractivity (Wildman–Crippen MR) is 72.5 cm³/mol. The monoisotopic (exact) mass is 242 g/mol. The molecule has 3 nitrogen and oxygen atoms in total. The Morgan fingerprint density at radius 1 is 1.06 bits per heavy atom. The van der Waals surface area contributed by atoms with E-state index in [1.165, 1.54) is 25.7 Å². The molecule has 0 spiro atoms. The van der Waals surface area contributed by atoms with Gasteiger partial charge in [0.15, 0.2) is 0 Å². The van der Waals surface area contributed by atoms with E-state index >= 15 is 0 Å². The van der Waals surface area contributed by atoms with Crippen LogP contribution < -0.4 is 11.3 Å². The van der Waals surface area contributed by atoms with Crippen molar-refractivity contribution >= 4 is 0 Å². The van der Waals surface area contributed by atoms with E-state index in [2.05, 4.69) is 33.1 Å². The summed E-state index contributed by atoms with van der Waals surface area (Å²) in [5, 5.41) is 0.